The quantitative estimate of drug-likeness (QED) is 0.831. The minimum atomic E-state index is -0.532. The van der Waals surface area contributed by atoms with Gasteiger partial charge in [0.05, 0.1) is 24.5 Å². The van der Waals surface area contributed by atoms with Crippen LogP contribution in [0.3, 0.4) is 0 Å². The van der Waals surface area contributed by atoms with E-state index in [2.05, 4.69) is 10.6 Å². The van der Waals surface area contributed by atoms with Crippen LogP contribution in [0.5, 0.6) is 0 Å². The van der Waals surface area contributed by atoms with Crippen molar-refractivity contribution in [3.63, 3.8) is 0 Å². The smallest absolute Gasteiger partial charge is 0.414 e. The third kappa shape index (κ3) is 3.84. The van der Waals surface area contributed by atoms with Gasteiger partial charge >= 0.3 is 6.09 Å². The van der Waals surface area contributed by atoms with Crippen molar-refractivity contribution in [1.29, 1.82) is 0 Å². The van der Waals surface area contributed by atoms with Crippen LogP contribution in [0.25, 0.3) is 0 Å². The van der Waals surface area contributed by atoms with E-state index < -0.39 is 12.2 Å². The van der Waals surface area contributed by atoms with Crippen LogP contribution in [0.1, 0.15) is 13.3 Å². The largest absolute Gasteiger partial charge is 0.442 e. The number of likely N-dealkylation sites (N-methyl/N-ethyl adjacent to an activating group) is 1. The van der Waals surface area contributed by atoms with Crippen LogP contribution in [-0.4, -0.2) is 57.4 Å². The summed E-state index contributed by atoms with van der Waals surface area (Å²) in [5.74, 6) is -0.556. The summed E-state index contributed by atoms with van der Waals surface area (Å²) in [6.07, 6.45) is 0.00302. The summed E-state index contributed by atoms with van der Waals surface area (Å²) >= 11 is 0. The number of anilines is 2. The van der Waals surface area contributed by atoms with Crippen LogP contribution in [0.15, 0.2) is 18.2 Å². The van der Waals surface area contributed by atoms with E-state index in [1.807, 2.05) is 11.9 Å². The number of carbonyl (C=O) groups is 2. The van der Waals surface area contributed by atoms with Crippen LogP contribution < -0.4 is 20.4 Å². The number of rotatable bonds is 5. The van der Waals surface area contributed by atoms with E-state index in [1.165, 1.54) is 17.9 Å². The Labute approximate surface area is 146 Å². The summed E-state index contributed by atoms with van der Waals surface area (Å²) in [4.78, 5) is 26.3. The SMILES string of the molecule is CC(=O)NC[C@H]1CN(c2ccc(N(C)[C@H]3CCNC3)c(F)c2)C(=O)O1. The summed E-state index contributed by atoms with van der Waals surface area (Å²) in [5, 5.41) is 5.88. The lowest BCUT2D eigenvalue weighted by Gasteiger charge is -2.27. The first-order valence-electron chi connectivity index (χ1n) is 8.41. The predicted octanol–water partition coefficient (Wildman–Crippen LogP) is 1.09. The molecular weight excluding hydrogens is 327 g/mol. The van der Waals surface area contributed by atoms with E-state index in [9.17, 15) is 14.0 Å². The number of carbonyl (C=O) groups excluding carboxylic acids is 2. The highest BCUT2D eigenvalue weighted by Gasteiger charge is 2.33. The van der Waals surface area contributed by atoms with Gasteiger partial charge in [-0.1, -0.05) is 0 Å². The molecule has 0 unspecified atom stereocenters. The molecule has 2 N–H and O–H groups in total. The Bertz CT molecular complexity index is 663. The predicted molar refractivity (Wildman–Crippen MR) is 92.4 cm³/mol. The second-order valence-corrected chi connectivity index (χ2v) is 6.45. The van der Waals surface area contributed by atoms with Crippen LogP contribution in [0.4, 0.5) is 20.6 Å². The Morgan fingerprint density at radius 1 is 1.52 bits per heavy atom. The number of nitrogens with one attached hydrogen (secondary N) is 2. The third-order valence-corrected chi connectivity index (χ3v) is 4.66. The molecule has 7 nitrogen and oxygen atoms in total. The Kier molecular flexibility index (Phi) is 5.08. The number of nitrogens with zero attached hydrogens (tertiary/aromatic N) is 2. The van der Waals surface area contributed by atoms with Crippen molar-refractivity contribution in [2.45, 2.75) is 25.5 Å². The zero-order valence-corrected chi connectivity index (χ0v) is 14.4. The molecule has 25 heavy (non-hydrogen) atoms. The van der Waals surface area contributed by atoms with E-state index >= 15 is 0 Å². The molecule has 2 atom stereocenters. The summed E-state index contributed by atoms with van der Waals surface area (Å²) in [6, 6.07) is 5.03. The lowest BCUT2D eigenvalue weighted by molar-refractivity contribution is -0.119. The minimum absolute atomic E-state index is 0.186. The highest BCUT2D eigenvalue weighted by molar-refractivity contribution is 5.90. The first-order valence-corrected chi connectivity index (χ1v) is 8.41. The molecule has 2 heterocycles. The van der Waals surface area contributed by atoms with Crippen molar-refractivity contribution in [3.8, 4) is 0 Å². The summed E-state index contributed by atoms with van der Waals surface area (Å²) < 4.78 is 19.8. The number of amides is 2. The van der Waals surface area contributed by atoms with E-state index in [-0.39, 0.29) is 30.9 Å². The van der Waals surface area contributed by atoms with Crippen LogP contribution >= 0.6 is 0 Å². The molecule has 8 heteroatoms. The Balaban J connectivity index is 1.70. The number of hydrogen-bond donors (Lipinski definition) is 2. The molecule has 1 aromatic rings. The average molecular weight is 350 g/mol. The monoisotopic (exact) mass is 350 g/mol. The van der Waals surface area contributed by atoms with Gasteiger partial charge in [0.25, 0.3) is 0 Å². The van der Waals surface area contributed by atoms with Gasteiger partial charge in [-0.05, 0) is 31.2 Å². The molecule has 2 saturated heterocycles. The second kappa shape index (κ2) is 7.26. The van der Waals surface area contributed by atoms with Gasteiger partial charge in [-0.25, -0.2) is 9.18 Å². The minimum Gasteiger partial charge on any atom is -0.442 e. The van der Waals surface area contributed by atoms with Crippen molar-refractivity contribution in [2.24, 2.45) is 0 Å². The number of benzene rings is 1. The zero-order valence-electron chi connectivity index (χ0n) is 14.4. The topological polar surface area (TPSA) is 73.9 Å². The van der Waals surface area contributed by atoms with Gasteiger partial charge in [0.1, 0.15) is 11.9 Å². The molecule has 0 bridgehead atoms. The van der Waals surface area contributed by atoms with Gasteiger partial charge in [0.2, 0.25) is 5.91 Å². The summed E-state index contributed by atoms with van der Waals surface area (Å²) in [7, 11) is 1.88. The van der Waals surface area contributed by atoms with Gasteiger partial charge in [-0.15, -0.1) is 0 Å². The summed E-state index contributed by atoms with van der Waals surface area (Å²) in [6.45, 7) is 3.69. The van der Waals surface area contributed by atoms with Gasteiger partial charge in [0.15, 0.2) is 0 Å². The fraction of sp³-hybridized carbons (Fsp3) is 0.529. The maximum absolute atomic E-state index is 14.6. The summed E-state index contributed by atoms with van der Waals surface area (Å²) in [5.41, 5.74) is 0.967. The molecule has 0 spiro atoms. The van der Waals surface area contributed by atoms with E-state index in [4.69, 9.17) is 4.74 Å². The molecule has 136 valence electrons. The molecule has 2 aliphatic heterocycles. The van der Waals surface area contributed by atoms with E-state index in [0.717, 1.165) is 19.5 Å². The van der Waals surface area contributed by atoms with Gasteiger partial charge < -0.3 is 20.3 Å². The molecule has 3 rings (SSSR count). The molecule has 2 amide bonds. The molecular formula is C17H23FN4O3. The molecule has 0 radical (unpaired) electrons. The Morgan fingerprint density at radius 3 is 2.96 bits per heavy atom. The molecule has 0 aliphatic carbocycles. The lowest BCUT2D eigenvalue weighted by Crippen LogP contribution is -2.34. The number of hydrogen-bond acceptors (Lipinski definition) is 5. The van der Waals surface area contributed by atoms with Gasteiger partial charge in [0, 0.05) is 26.6 Å². The highest BCUT2D eigenvalue weighted by atomic mass is 19.1. The first kappa shape index (κ1) is 17.5. The number of cyclic esters (lactones) is 1. The molecule has 2 fully saturated rings. The van der Waals surface area contributed by atoms with Crippen molar-refractivity contribution in [3.05, 3.63) is 24.0 Å². The fourth-order valence-electron chi connectivity index (χ4n) is 3.21. The number of halogens is 1. The van der Waals surface area contributed by atoms with Crippen LogP contribution in [0, 0.1) is 5.82 Å². The fourth-order valence-corrected chi connectivity index (χ4v) is 3.21. The second-order valence-electron chi connectivity index (χ2n) is 6.45. The van der Waals surface area contributed by atoms with Gasteiger partial charge in [-0.2, -0.15) is 0 Å². The average Bonchev–Trinajstić information content (AvgIpc) is 3.22. The molecule has 2 aliphatic rings. The van der Waals surface area contributed by atoms with Crippen molar-refractivity contribution in [1.82, 2.24) is 10.6 Å². The number of ether oxygens (including phenoxy) is 1. The molecule has 1 aromatic carbocycles. The van der Waals surface area contributed by atoms with E-state index in [0.29, 0.717) is 11.4 Å². The Hall–Kier alpha value is -2.35. The van der Waals surface area contributed by atoms with E-state index in [1.54, 1.807) is 12.1 Å². The molecule has 0 saturated carbocycles. The zero-order chi connectivity index (χ0) is 18.0. The van der Waals surface area contributed by atoms with Gasteiger partial charge in [-0.3, -0.25) is 9.69 Å². The van der Waals surface area contributed by atoms with Crippen molar-refractivity contribution < 1.29 is 18.7 Å². The maximum Gasteiger partial charge on any atom is 0.414 e. The standard InChI is InChI=1S/C17H23FN4O3/c1-11(23)20-9-14-10-22(17(24)25-14)12-3-4-16(15(18)7-12)21(2)13-5-6-19-8-13/h3-4,7,13-14,19H,5-6,8-10H2,1-2H3,(H,20,23)/t13-,14-/m0/s1. The third-order valence-electron chi connectivity index (χ3n) is 4.66. The highest BCUT2D eigenvalue weighted by Crippen LogP contribution is 2.29. The van der Waals surface area contributed by atoms with Crippen molar-refractivity contribution >= 4 is 23.4 Å². The van der Waals surface area contributed by atoms with Crippen molar-refractivity contribution in [2.75, 3.05) is 43.0 Å². The normalized spacial score (nSPS) is 22.8. The molecule has 0 aromatic heterocycles. The maximum atomic E-state index is 14.6. The van der Waals surface area contributed by atoms with Crippen LogP contribution in [-0.2, 0) is 9.53 Å². The first-order chi connectivity index (χ1) is 12.0. The Morgan fingerprint density at radius 2 is 2.32 bits per heavy atom. The lowest BCUT2D eigenvalue weighted by atomic mass is 10.1. The van der Waals surface area contributed by atoms with Crippen LogP contribution in [0.2, 0.25) is 0 Å².